The molecule has 2 N–H and O–H groups in total. The average Bonchev–Trinajstić information content (AvgIpc) is 3.01. The maximum Gasteiger partial charge on any atom is 0.257 e. The molecule has 2 heterocycles. The second kappa shape index (κ2) is 7.99. The van der Waals surface area contributed by atoms with Crippen LogP contribution in [0.2, 0.25) is 0 Å². The van der Waals surface area contributed by atoms with Gasteiger partial charge in [0.15, 0.2) is 11.5 Å². The van der Waals surface area contributed by atoms with Crippen molar-refractivity contribution >= 4 is 27.3 Å². The van der Waals surface area contributed by atoms with E-state index in [1.165, 1.54) is 0 Å². The number of ether oxygens (including phenoxy) is 2. The Bertz CT molecular complexity index is 1260. The van der Waals surface area contributed by atoms with Gasteiger partial charge in [0.25, 0.3) is 5.91 Å². The third kappa shape index (κ3) is 4.51. The van der Waals surface area contributed by atoms with E-state index in [4.69, 9.17) is 9.47 Å². The molecule has 0 bridgehead atoms. The van der Waals surface area contributed by atoms with Crippen LogP contribution in [-0.4, -0.2) is 38.4 Å². The van der Waals surface area contributed by atoms with Gasteiger partial charge in [-0.3, -0.25) is 9.52 Å². The van der Waals surface area contributed by atoms with Crippen LogP contribution in [0.1, 0.15) is 21.7 Å². The minimum Gasteiger partial charge on any atom is -0.486 e. The van der Waals surface area contributed by atoms with Crippen LogP contribution in [0, 0.1) is 13.8 Å². The lowest BCUT2D eigenvalue weighted by Crippen LogP contribution is -2.16. The maximum atomic E-state index is 13.0. The first-order valence-electron chi connectivity index (χ1n) is 9.69. The van der Waals surface area contributed by atoms with Gasteiger partial charge in [0.05, 0.1) is 17.5 Å². The highest BCUT2D eigenvalue weighted by Crippen LogP contribution is 2.33. The van der Waals surface area contributed by atoms with Crippen LogP contribution in [0.25, 0.3) is 5.69 Å². The van der Waals surface area contributed by atoms with Crippen molar-refractivity contribution in [3.8, 4) is 17.2 Å². The summed E-state index contributed by atoms with van der Waals surface area (Å²) in [6.45, 7) is 4.83. The van der Waals surface area contributed by atoms with Crippen LogP contribution in [0.15, 0.2) is 48.5 Å². The molecule has 1 aromatic heterocycles. The van der Waals surface area contributed by atoms with E-state index in [0.717, 1.165) is 23.3 Å². The van der Waals surface area contributed by atoms with E-state index in [2.05, 4.69) is 10.0 Å². The Labute approximate surface area is 180 Å². The van der Waals surface area contributed by atoms with Crippen LogP contribution in [0.5, 0.6) is 11.5 Å². The van der Waals surface area contributed by atoms with Crippen molar-refractivity contribution < 1.29 is 22.7 Å². The van der Waals surface area contributed by atoms with Crippen molar-refractivity contribution in [2.45, 2.75) is 13.8 Å². The molecule has 2 aromatic carbocycles. The highest BCUT2D eigenvalue weighted by molar-refractivity contribution is 7.92. The zero-order valence-corrected chi connectivity index (χ0v) is 18.2. The maximum absolute atomic E-state index is 13.0. The Morgan fingerprint density at radius 1 is 0.968 bits per heavy atom. The fourth-order valence-corrected chi connectivity index (χ4v) is 4.19. The van der Waals surface area contributed by atoms with Crippen molar-refractivity contribution in [1.82, 2.24) is 4.57 Å². The lowest BCUT2D eigenvalue weighted by molar-refractivity contribution is 0.102. The molecule has 9 heteroatoms. The molecule has 3 aromatic rings. The van der Waals surface area contributed by atoms with E-state index >= 15 is 0 Å². The SMILES string of the molecule is Cc1cc(C(=O)Nc2cccc(NS(C)(=O)=O)c2)c(C)n1-c1ccc2c(c1)OCCO2. The molecule has 8 nitrogen and oxygen atoms in total. The molecule has 1 aliphatic heterocycles. The number of sulfonamides is 1. The predicted octanol–water partition coefficient (Wildman–Crippen LogP) is 3.49. The Hall–Kier alpha value is -3.46. The summed E-state index contributed by atoms with van der Waals surface area (Å²) < 4.78 is 38.5. The standard InChI is InChI=1S/C22H23N3O5S/c1-14-11-19(22(26)23-16-5-4-6-17(12-16)24-31(3,27)28)15(2)25(14)18-7-8-20-21(13-18)30-10-9-29-20/h4-8,11-13,24H,9-10H2,1-3H3,(H,23,26). The third-order valence-corrected chi connectivity index (χ3v) is 5.49. The molecule has 0 radical (unpaired) electrons. The second-order valence-corrected chi connectivity index (χ2v) is 9.11. The summed E-state index contributed by atoms with van der Waals surface area (Å²) in [7, 11) is -3.41. The summed E-state index contributed by atoms with van der Waals surface area (Å²) in [6, 6.07) is 14.1. The number of aryl methyl sites for hydroxylation is 1. The van der Waals surface area contributed by atoms with Crippen molar-refractivity contribution in [1.29, 1.82) is 0 Å². The lowest BCUT2D eigenvalue weighted by atomic mass is 10.2. The summed E-state index contributed by atoms with van der Waals surface area (Å²) in [5.74, 6) is 1.10. The van der Waals surface area contributed by atoms with Gasteiger partial charge in [0.1, 0.15) is 13.2 Å². The largest absolute Gasteiger partial charge is 0.486 e. The average molecular weight is 442 g/mol. The van der Waals surface area contributed by atoms with Crippen LogP contribution >= 0.6 is 0 Å². The number of hydrogen-bond donors (Lipinski definition) is 2. The molecule has 0 spiro atoms. The van der Waals surface area contributed by atoms with Crippen molar-refractivity contribution in [3.05, 3.63) is 65.5 Å². The number of rotatable bonds is 5. The first-order valence-corrected chi connectivity index (χ1v) is 11.6. The molecule has 4 rings (SSSR count). The van der Waals surface area contributed by atoms with E-state index in [1.54, 1.807) is 24.3 Å². The number of hydrogen-bond acceptors (Lipinski definition) is 5. The number of carbonyl (C=O) groups excluding carboxylic acids is 1. The Morgan fingerprint density at radius 2 is 1.68 bits per heavy atom. The molecule has 0 saturated carbocycles. The van der Waals surface area contributed by atoms with Gasteiger partial charge >= 0.3 is 0 Å². The highest BCUT2D eigenvalue weighted by Gasteiger charge is 2.19. The Kier molecular flexibility index (Phi) is 5.36. The first kappa shape index (κ1) is 20.8. The number of benzene rings is 2. The molecule has 1 aliphatic rings. The van der Waals surface area contributed by atoms with Crippen LogP contribution < -0.4 is 19.5 Å². The summed E-state index contributed by atoms with van der Waals surface area (Å²) in [6.07, 6.45) is 1.07. The van der Waals surface area contributed by atoms with E-state index in [9.17, 15) is 13.2 Å². The topological polar surface area (TPSA) is 98.7 Å². The second-order valence-electron chi connectivity index (χ2n) is 7.36. The van der Waals surface area contributed by atoms with Gasteiger partial charge in [0.2, 0.25) is 10.0 Å². The van der Waals surface area contributed by atoms with Gasteiger partial charge in [-0.15, -0.1) is 0 Å². The van der Waals surface area contributed by atoms with E-state index < -0.39 is 10.0 Å². The van der Waals surface area contributed by atoms with Gasteiger partial charge in [-0.2, -0.15) is 0 Å². The van der Waals surface area contributed by atoms with Gasteiger partial charge in [-0.1, -0.05) is 6.07 Å². The monoisotopic (exact) mass is 441 g/mol. The molecule has 0 saturated heterocycles. The van der Waals surface area contributed by atoms with E-state index in [0.29, 0.717) is 41.7 Å². The number of nitrogens with zero attached hydrogens (tertiary/aromatic N) is 1. The highest BCUT2D eigenvalue weighted by atomic mass is 32.2. The zero-order valence-electron chi connectivity index (χ0n) is 17.4. The number of carbonyl (C=O) groups is 1. The zero-order chi connectivity index (χ0) is 22.2. The molecule has 31 heavy (non-hydrogen) atoms. The molecular formula is C22H23N3O5S. The number of anilines is 2. The van der Waals surface area contributed by atoms with Gasteiger partial charge < -0.3 is 19.4 Å². The van der Waals surface area contributed by atoms with Gasteiger partial charge in [0, 0.05) is 28.8 Å². The quantitative estimate of drug-likeness (QED) is 0.632. The number of nitrogens with one attached hydrogen (secondary N) is 2. The lowest BCUT2D eigenvalue weighted by Gasteiger charge is -2.20. The minimum atomic E-state index is -3.41. The normalized spacial score (nSPS) is 13.0. The van der Waals surface area contributed by atoms with Crippen LogP contribution in [0.3, 0.4) is 0 Å². The fraction of sp³-hybridized carbons (Fsp3) is 0.227. The van der Waals surface area contributed by atoms with E-state index in [-0.39, 0.29) is 5.91 Å². The smallest absolute Gasteiger partial charge is 0.257 e. The van der Waals surface area contributed by atoms with Crippen LogP contribution in [0.4, 0.5) is 11.4 Å². The number of aromatic nitrogens is 1. The summed E-state index contributed by atoms with van der Waals surface area (Å²) >= 11 is 0. The summed E-state index contributed by atoms with van der Waals surface area (Å²) in [5.41, 5.74) is 3.93. The number of fused-ring (bicyclic) bond motifs is 1. The fourth-order valence-electron chi connectivity index (χ4n) is 3.63. The molecule has 162 valence electrons. The molecular weight excluding hydrogens is 418 g/mol. The molecule has 1 amide bonds. The number of amides is 1. The van der Waals surface area contributed by atoms with Crippen molar-refractivity contribution in [2.24, 2.45) is 0 Å². The molecule has 0 unspecified atom stereocenters. The Balaban J connectivity index is 1.60. The summed E-state index contributed by atoms with van der Waals surface area (Å²) in [5, 5.41) is 2.84. The predicted molar refractivity (Wildman–Crippen MR) is 119 cm³/mol. The molecule has 0 aliphatic carbocycles. The molecule has 0 atom stereocenters. The van der Waals surface area contributed by atoms with Crippen molar-refractivity contribution in [3.63, 3.8) is 0 Å². The van der Waals surface area contributed by atoms with Crippen molar-refractivity contribution in [2.75, 3.05) is 29.5 Å². The van der Waals surface area contributed by atoms with Gasteiger partial charge in [-0.25, -0.2) is 8.42 Å². The Morgan fingerprint density at radius 3 is 2.42 bits per heavy atom. The third-order valence-electron chi connectivity index (χ3n) is 4.88. The van der Waals surface area contributed by atoms with E-state index in [1.807, 2.05) is 42.7 Å². The van der Waals surface area contributed by atoms with Crippen LogP contribution in [-0.2, 0) is 10.0 Å². The van der Waals surface area contributed by atoms with Gasteiger partial charge in [-0.05, 0) is 50.2 Å². The molecule has 0 fully saturated rings. The minimum absolute atomic E-state index is 0.284. The first-order chi connectivity index (χ1) is 14.7. The summed E-state index contributed by atoms with van der Waals surface area (Å²) in [4.78, 5) is 13.0.